The number of carbonyl (C=O) groups excluding carboxylic acids is 2. The minimum absolute atomic E-state index is 0.0712. The molecule has 0 radical (unpaired) electrons. The molecule has 5 nitrogen and oxygen atoms in total. The summed E-state index contributed by atoms with van der Waals surface area (Å²) in [5.41, 5.74) is 3.72. The molecule has 1 saturated heterocycles. The minimum Gasteiger partial charge on any atom is -0.351 e. The number of nitrogens with one attached hydrogen (secondary N) is 1. The van der Waals surface area contributed by atoms with Crippen molar-refractivity contribution < 1.29 is 9.59 Å². The lowest BCUT2D eigenvalue weighted by Gasteiger charge is -2.19. The van der Waals surface area contributed by atoms with E-state index in [1.54, 1.807) is 24.3 Å². The summed E-state index contributed by atoms with van der Waals surface area (Å²) >= 11 is 7.31. The first-order valence-electron chi connectivity index (χ1n) is 11.2. The highest BCUT2D eigenvalue weighted by atomic mass is 35.5. The molecule has 0 aliphatic carbocycles. The Labute approximate surface area is 214 Å². The van der Waals surface area contributed by atoms with Crippen molar-refractivity contribution in [2.45, 2.75) is 25.0 Å². The molecule has 0 spiro atoms. The van der Waals surface area contributed by atoms with Crippen molar-refractivity contribution in [1.29, 1.82) is 5.26 Å². The first-order valence-corrected chi connectivity index (χ1v) is 12.5. The predicted octanol–water partition coefficient (Wildman–Crippen LogP) is 5.43. The van der Waals surface area contributed by atoms with Crippen LogP contribution in [-0.2, 0) is 22.4 Å². The van der Waals surface area contributed by atoms with E-state index < -0.39 is 11.2 Å². The maximum atomic E-state index is 13.5. The van der Waals surface area contributed by atoms with E-state index in [0.29, 0.717) is 35.1 Å². The first kappa shape index (κ1) is 24.6. The fourth-order valence-electron chi connectivity index (χ4n) is 3.92. The van der Waals surface area contributed by atoms with E-state index in [1.165, 1.54) is 16.7 Å². The Morgan fingerprint density at radius 1 is 1.06 bits per heavy atom. The zero-order valence-corrected chi connectivity index (χ0v) is 20.8. The number of nitrogens with zero attached hydrogens (tertiary/aromatic N) is 2. The molecule has 1 aliphatic rings. The van der Waals surface area contributed by atoms with Crippen molar-refractivity contribution in [3.8, 4) is 6.07 Å². The third-order valence-corrected chi connectivity index (χ3v) is 7.15. The maximum Gasteiger partial charge on any atom is 0.264 e. The normalized spacial score (nSPS) is 16.7. The molecule has 1 atom stereocenters. The Balaban J connectivity index is 1.62. The monoisotopic (exact) mass is 501 g/mol. The van der Waals surface area contributed by atoms with Gasteiger partial charge in [0.2, 0.25) is 5.91 Å². The lowest BCUT2D eigenvalue weighted by atomic mass is 10.1. The topological polar surface area (TPSA) is 73.2 Å². The number of halogens is 1. The van der Waals surface area contributed by atoms with Gasteiger partial charge in [-0.2, -0.15) is 5.26 Å². The number of carbonyl (C=O) groups is 2. The lowest BCUT2D eigenvalue weighted by Crippen LogP contribution is -2.32. The fraction of sp³-hybridized carbons (Fsp3) is 0.179. The molecule has 2 amide bonds. The van der Waals surface area contributed by atoms with E-state index in [9.17, 15) is 14.9 Å². The number of anilines is 1. The summed E-state index contributed by atoms with van der Waals surface area (Å²) < 4.78 is 0. The molecule has 7 heteroatoms. The highest BCUT2D eigenvalue weighted by molar-refractivity contribution is 8.05. The molecule has 4 rings (SSSR count). The number of rotatable bonds is 7. The SMILES string of the molecule is Cc1cccc(C[C@H]2S/C(=C(/C#N)C(=O)NCCc3ccccc3)N(c3ccc(Cl)cc3)C2=O)c1. The van der Waals surface area contributed by atoms with Crippen LogP contribution in [0.4, 0.5) is 5.69 Å². The van der Waals surface area contributed by atoms with Crippen LogP contribution in [0.1, 0.15) is 16.7 Å². The minimum atomic E-state index is -0.492. The van der Waals surface area contributed by atoms with Crippen molar-refractivity contribution in [2.75, 3.05) is 11.4 Å². The van der Waals surface area contributed by atoms with Gasteiger partial charge >= 0.3 is 0 Å². The number of thioether (sulfide) groups is 1. The average Bonchev–Trinajstić information content (AvgIpc) is 3.16. The number of aryl methyl sites for hydroxylation is 1. The van der Waals surface area contributed by atoms with Crippen LogP contribution in [0.2, 0.25) is 5.02 Å². The van der Waals surface area contributed by atoms with Gasteiger partial charge in [-0.25, -0.2) is 0 Å². The highest BCUT2D eigenvalue weighted by Gasteiger charge is 2.40. The largest absolute Gasteiger partial charge is 0.351 e. The standard InChI is InChI=1S/C28H24ClN3O2S/c1-19-6-5-9-21(16-19)17-25-27(34)32(23-12-10-22(29)11-13-23)28(35-25)24(18-30)26(33)31-15-14-20-7-3-2-4-8-20/h2-13,16,25H,14-15,17H2,1H3,(H,31,33)/b28-24-/t25-/m1/s1. The molecule has 0 bridgehead atoms. The smallest absolute Gasteiger partial charge is 0.264 e. The van der Waals surface area contributed by atoms with Crippen molar-refractivity contribution in [3.63, 3.8) is 0 Å². The Kier molecular flexibility index (Phi) is 7.91. The van der Waals surface area contributed by atoms with Crippen molar-refractivity contribution in [2.24, 2.45) is 0 Å². The van der Waals surface area contributed by atoms with Crippen LogP contribution in [-0.4, -0.2) is 23.6 Å². The molecule has 0 aromatic heterocycles. The van der Waals surface area contributed by atoms with Gasteiger partial charge in [-0.1, -0.05) is 83.5 Å². The number of hydrogen-bond acceptors (Lipinski definition) is 4. The number of benzene rings is 3. The Hall–Kier alpha value is -3.53. The van der Waals surface area contributed by atoms with Crippen LogP contribution < -0.4 is 10.2 Å². The van der Waals surface area contributed by atoms with Gasteiger partial charge in [0.15, 0.2) is 0 Å². The summed E-state index contributed by atoms with van der Waals surface area (Å²) in [6, 6.07) is 26.7. The third kappa shape index (κ3) is 5.94. The molecule has 0 unspecified atom stereocenters. The highest BCUT2D eigenvalue weighted by Crippen LogP contribution is 2.42. The number of amides is 2. The van der Waals surface area contributed by atoms with Gasteiger partial charge < -0.3 is 5.32 Å². The molecule has 0 saturated carbocycles. The van der Waals surface area contributed by atoms with E-state index >= 15 is 0 Å². The number of nitriles is 1. The van der Waals surface area contributed by atoms with Gasteiger partial charge in [0.1, 0.15) is 16.7 Å². The molecule has 176 valence electrons. The van der Waals surface area contributed by atoms with Crippen molar-refractivity contribution in [1.82, 2.24) is 5.32 Å². The van der Waals surface area contributed by atoms with Gasteiger partial charge in [0, 0.05) is 17.3 Å². The zero-order valence-electron chi connectivity index (χ0n) is 19.2. The van der Waals surface area contributed by atoms with E-state index in [1.807, 2.05) is 67.6 Å². The maximum absolute atomic E-state index is 13.5. The molecule has 1 fully saturated rings. The third-order valence-electron chi connectivity index (χ3n) is 5.64. The molecule has 1 aliphatic heterocycles. The van der Waals surface area contributed by atoms with Crippen LogP contribution >= 0.6 is 23.4 Å². The van der Waals surface area contributed by atoms with Crippen LogP contribution in [0.3, 0.4) is 0 Å². The van der Waals surface area contributed by atoms with Gasteiger partial charge in [-0.3, -0.25) is 14.5 Å². The summed E-state index contributed by atoms with van der Waals surface area (Å²) in [4.78, 5) is 28.0. The molecule has 35 heavy (non-hydrogen) atoms. The van der Waals surface area contributed by atoms with Crippen LogP contribution in [0.25, 0.3) is 0 Å². The zero-order chi connectivity index (χ0) is 24.8. The summed E-state index contributed by atoms with van der Waals surface area (Å²) in [5, 5.41) is 13.2. The summed E-state index contributed by atoms with van der Waals surface area (Å²) in [6.07, 6.45) is 1.14. The second-order valence-corrected chi connectivity index (χ2v) is 9.86. The van der Waals surface area contributed by atoms with Gasteiger partial charge in [-0.05, 0) is 55.2 Å². The molecule has 1 heterocycles. The van der Waals surface area contributed by atoms with E-state index in [-0.39, 0.29) is 11.5 Å². The first-order chi connectivity index (χ1) is 17.0. The van der Waals surface area contributed by atoms with Crippen LogP contribution in [0, 0.1) is 18.3 Å². The van der Waals surface area contributed by atoms with Crippen LogP contribution in [0.5, 0.6) is 0 Å². The van der Waals surface area contributed by atoms with Crippen LogP contribution in [0.15, 0.2) is 89.5 Å². The average molecular weight is 502 g/mol. The van der Waals surface area contributed by atoms with Gasteiger partial charge in [-0.15, -0.1) is 0 Å². The summed E-state index contributed by atoms with van der Waals surface area (Å²) in [5.74, 6) is -0.660. The summed E-state index contributed by atoms with van der Waals surface area (Å²) in [6.45, 7) is 2.39. The van der Waals surface area contributed by atoms with Crippen molar-refractivity contribution >= 4 is 40.9 Å². The molecular formula is C28H24ClN3O2S. The summed E-state index contributed by atoms with van der Waals surface area (Å²) in [7, 11) is 0. The quantitative estimate of drug-likeness (QED) is 0.346. The molecule has 3 aromatic carbocycles. The molecular weight excluding hydrogens is 478 g/mol. The Bertz CT molecular complexity index is 1300. The predicted molar refractivity (Wildman–Crippen MR) is 141 cm³/mol. The lowest BCUT2D eigenvalue weighted by molar-refractivity contribution is -0.117. The number of hydrogen-bond donors (Lipinski definition) is 1. The molecule has 3 aromatic rings. The molecule has 1 N–H and O–H groups in total. The van der Waals surface area contributed by atoms with E-state index in [2.05, 4.69) is 5.32 Å². The van der Waals surface area contributed by atoms with Crippen molar-refractivity contribution in [3.05, 3.63) is 111 Å². The second kappa shape index (κ2) is 11.3. The second-order valence-electron chi connectivity index (χ2n) is 8.23. The van der Waals surface area contributed by atoms with E-state index in [0.717, 1.165) is 16.7 Å². The van der Waals surface area contributed by atoms with Gasteiger partial charge in [0.25, 0.3) is 5.91 Å². The Morgan fingerprint density at radius 3 is 2.46 bits per heavy atom. The van der Waals surface area contributed by atoms with Gasteiger partial charge in [0.05, 0.1) is 5.25 Å². The Morgan fingerprint density at radius 2 is 1.77 bits per heavy atom. The van der Waals surface area contributed by atoms with E-state index in [4.69, 9.17) is 11.6 Å². The fourth-order valence-corrected chi connectivity index (χ4v) is 5.35.